The Bertz CT molecular complexity index is 437. The topological polar surface area (TPSA) is 67.6 Å². The molecule has 2 aliphatic rings. The predicted octanol–water partition coefficient (Wildman–Crippen LogP) is 2.99. The quantitative estimate of drug-likeness (QED) is 0.602. The molecule has 3 N–H and O–H groups in total. The van der Waals surface area contributed by atoms with Crippen LogP contribution in [0.1, 0.15) is 59.8 Å². The van der Waals surface area contributed by atoms with E-state index in [1.165, 1.54) is 25.9 Å². The van der Waals surface area contributed by atoms with Crippen molar-refractivity contribution in [1.29, 1.82) is 0 Å². The highest BCUT2D eigenvalue weighted by Crippen LogP contribution is 2.49. The molecule has 0 aromatic rings. The first-order chi connectivity index (χ1) is 11.3. The molecule has 2 fully saturated rings. The Morgan fingerprint density at radius 3 is 2.58 bits per heavy atom. The van der Waals surface area contributed by atoms with E-state index in [0.717, 1.165) is 31.8 Å². The van der Waals surface area contributed by atoms with Crippen molar-refractivity contribution in [2.45, 2.75) is 71.4 Å². The van der Waals surface area contributed by atoms with Crippen LogP contribution < -0.4 is 11.1 Å². The van der Waals surface area contributed by atoms with Gasteiger partial charge in [-0.25, -0.2) is 0 Å². The fraction of sp³-hybridized carbons (Fsp3) is 0.947. The number of nitrogens with one attached hydrogen (secondary N) is 1. The highest BCUT2D eigenvalue weighted by Gasteiger charge is 2.62. The zero-order chi connectivity index (χ0) is 17.8. The largest absolute Gasteiger partial charge is 0.378 e. The molecule has 1 amide bonds. The van der Waals surface area contributed by atoms with Gasteiger partial charge in [-0.15, -0.1) is 24.8 Å². The molecular weight excluding hydrogens is 373 g/mol. The lowest BCUT2D eigenvalue weighted by Crippen LogP contribution is -2.75. The molecule has 1 saturated heterocycles. The fourth-order valence-electron chi connectivity index (χ4n) is 4.13. The van der Waals surface area contributed by atoms with Crippen LogP contribution in [0.15, 0.2) is 0 Å². The van der Waals surface area contributed by atoms with Crippen LogP contribution in [0.3, 0.4) is 0 Å². The molecule has 0 aromatic heterocycles. The van der Waals surface area contributed by atoms with E-state index in [4.69, 9.17) is 10.5 Å². The molecule has 1 heterocycles. The standard InChI is InChI=1S/C19H37N3O2.2ClH/c1-5-24-16-13-19(20,18(16,3)4)17(23)21-10-6-7-11-22-12-8-9-15(2)14-22;;/h15-16H,5-14,20H2,1-4H3,(H,21,23);2*1H. The third kappa shape index (κ3) is 5.71. The summed E-state index contributed by atoms with van der Waals surface area (Å²) in [5.74, 6) is 0.810. The molecule has 5 nitrogen and oxygen atoms in total. The van der Waals surface area contributed by atoms with Gasteiger partial charge >= 0.3 is 0 Å². The Labute approximate surface area is 172 Å². The Morgan fingerprint density at radius 2 is 2.00 bits per heavy atom. The first kappa shape index (κ1) is 25.9. The van der Waals surface area contributed by atoms with Gasteiger partial charge in [0, 0.05) is 31.5 Å². The number of carbonyl (C=O) groups excluding carboxylic acids is 1. The van der Waals surface area contributed by atoms with E-state index >= 15 is 0 Å². The van der Waals surface area contributed by atoms with E-state index in [-0.39, 0.29) is 42.2 Å². The lowest BCUT2D eigenvalue weighted by atomic mass is 9.54. The van der Waals surface area contributed by atoms with E-state index in [2.05, 4.69) is 17.1 Å². The third-order valence-electron chi connectivity index (χ3n) is 6.16. The highest BCUT2D eigenvalue weighted by atomic mass is 35.5. The van der Waals surface area contributed by atoms with Gasteiger partial charge in [0.05, 0.1) is 6.10 Å². The Balaban J connectivity index is 0.00000312. The first-order valence-electron chi connectivity index (χ1n) is 9.72. The second-order valence-corrected chi connectivity index (χ2v) is 8.35. The van der Waals surface area contributed by atoms with Crippen LogP contribution in [0.25, 0.3) is 0 Å². The number of rotatable bonds is 8. The number of unbranched alkanes of at least 4 members (excludes halogenated alkanes) is 1. The van der Waals surface area contributed by atoms with Gasteiger partial charge in [-0.2, -0.15) is 0 Å². The van der Waals surface area contributed by atoms with Crippen molar-refractivity contribution in [2.75, 3.05) is 32.8 Å². The molecule has 0 spiro atoms. The Hall–Kier alpha value is -0.0700. The second kappa shape index (κ2) is 11.1. The van der Waals surface area contributed by atoms with E-state index in [1.807, 2.05) is 20.8 Å². The number of halogens is 2. The van der Waals surface area contributed by atoms with Gasteiger partial charge in [-0.1, -0.05) is 20.8 Å². The lowest BCUT2D eigenvalue weighted by Gasteiger charge is -2.57. The number of nitrogens with zero attached hydrogens (tertiary/aromatic N) is 1. The van der Waals surface area contributed by atoms with Crippen LogP contribution in [0.2, 0.25) is 0 Å². The molecule has 156 valence electrons. The number of nitrogens with two attached hydrogens (primary N) is 1. The van der Waals surface area contributed by atoms with Gasteiger partial charge in [0.25, 0.3) is 0 Å². The number of piperidine rings is 1. The normalized spacial score (nSPS) is 30.5. The number of ether oxygens (including phenoxy) is 1. The number of hydrogen-bond acceptors (Lipinski definition) is 4. The van der Waals surface area contributed by atoms with Crippen molar-refractivity contribution in [3.05, 3.63) is 0 Å². The minimum Gasteiger partial charge on any atom is -0.378 e. The third-order valence-corrected chi connectivity index (χ3v) is 6.16. The average Bonchev–Trinajstić information content (AvgIpc) is 2.54. The summed E-state index contributed by atoms with van der Waals surface area (Å²) in [6.07, 6.45) is 5.54. The number of amides is 1. The fourth-order valence-corrected chi connectivity index (χ4v) is 4.13. The number of hydrogen-bond donors (Lipinski definition) is 2. The molecule has 0 radical (unpaired) electrons. The molecule has 1 aliphatic heterocycles. The van der Waals surface area contributed by atoms with Gasteiger partial charge in [-0.3, -0.25) is 4.79 Å². The summed E-state index contributed by atoms with van der Waals surface area (Å²) in [5.41, 5.74) is 5.29. The van der Waals surface area contributed by atoms with Gasteiger partial charge < -0.3 is 20.7 Å². The summed E-state index contributed by atoms with van der Waals surface area (Å²) >= 11 is 0. The molecule has 0 bridgehead atoms. The molecule has 26 heavy (non-hydrogen) atoms. The van der Waals surface area contributed by atoms with Crippen LogP contribution in [-0.4, -0.2) is 55.2 Å². The predicted molar refractivity (Wildman–Crippen MR) is 112 cm³/mol. The molecule has 2 rings (SSSR count). The summed E-state index contributed by atoms with van der Waals surface area (Å²) in [7, 11) is 0. The van der Waals surface area contributed by atoms with Gasteiger partial charge in [-0.05, 0) is 51.6 Å². The smallest absolute Gasteiger partial charge is 0.240 e. The second-order valence-electron chi connectivity index (χ2n) is 8.35. The first-order valence-corrected chi connectivity index (χ1v) is 9.72. The SMILES string of the molecule is CCOC1CC(N)(C(=O)NCCCCN2CCCC(C)C2)C1(C)C.Cl.Cl. The maximum Gasteiger partial charge on any atom is 0.240 e. The van der Waals surface area contributed by atoms with Gasteiger partial charge in [0.1, 0.15) is 5.54 Å². The van der Waals surface area contributed by atoms with Crippen molar-refractivity contribution < 1.29 is 9.53 Å². The maximum absolute atomic E-state index is 12.5. The van der Waals surface area contributed by atoms with E-state index in [9.17, 15) is 4.79 Å². The summed E-state index contributed by atoms with van der Waals surface area (Å²) in [5, 5.41) is 3.05. The van der Waals surface area contributed by atoms with Crippen molar-refractivity contribution in [3.63, 3.8) is 0 Å². The van der Waals surface area contributed by atoms with Crippen LogP contribution >= 0.6 is 24.8 Å². The molecule has 0 aromatic carbocycles. The lowest BCUT2D eigenvalue weighted by molar-refractivity contribution is -0.170. The minimum atomic E-state index is -0.796. The van der Waals surface area contributed by atoms with Gasteiger partial charge in [0.2, 0.25) is 5.91 Å². The number of carbonyl (C=O) groups is 1. The van der Waals surface area contributed by atoms with Crippen LogP contribution in [0, 0.1) is 11.3 Å². The minimum absolute atomic E-state index is 0. The molecule has 1 aliphatic carbocycles. The van der Waals surface area contributed by atoms with Crippen LogP contribution in [-0.2, 0) is 9.53 Å². The van der Waals surface area contributed by atoms with Crippen molar-refractivity contribution in [2.24, 2.45) is 17.1 Å². The average molecular weight is 412 g/mol. The molecule has 3 unspecified atom stereocenters. The Kier molecular flexibility index (Phi) is 11.0. The Morgan fingerprint density at radius 1 is 1.31 bits per heavy atom. The molecule has 1 saturated carbocycles. The maximum atomic E-state index is 12.5. The summed E-state index contributed by atoms with van der Waals surface area (Å²) < 4.78 is 5.69. The number of likely N-dealkylation sites (tertiary alicyclic amines) is 1. The van der Waals surface area contributed by atoms with E-state index in [1.54, 1.807) is 0 Å². The van der Waals surface area contributed by atoms with E-state index < -0.39 is 5.54 Å². The zero-order valence-corrected chi connectivity index (χ0v) is 18.5. The highest BCUT2D eigenvalue weighted by molar-refractivity contribution is 5.88. The van der Waals surface area contributed by atoms with Crippen molar-refractivity contribution in [1.82, 2.24) is 10.2 Å². The molecule has 7 heteroatoms. The van der Waals surface area contributed by atoms with Crippen LogP contribution in [0.5, 0.6) is 0 Å². The summed E-state index contributed by atoms with van der Waals surface area (Å²) in [6, 6.07) is 0. The van der Waals surface area contributed by atoms with Gasteiger partial charge in [0.15, 0.2) is 0 Å². The van der Waals surface area contributed by atoms with Crippen molar-refractivity contribution in [3.8, 4) is 0 Å². The molecular formula is C19H39Cl2N3O2. The van der Waals surface area contributed by atoms with Crippen LogP contribution in [0.4, 0.5) is 0 Å². The zero-order valence-electron chi connectivity index (χ0n) is 16.9. The summed E-state index contributed by atoms with van der Waals surface area (Å²) in [4.78, 5) is 15.1. The van der Waals surface area contributed by atoms with E-state index in [0.29, 0.717) is 13.0 Å². The summed E-state index contributed by atoms with van der Waals surface area (Å²) in [6.45, 7) is 13.4. The molecule has 3 atom stereocenters. The van der Waals surface area contributed by atoms with Crippen molar-refractivity contribution >= 4 is 30.7 Å². The monoisotopic (exact) mass is 411 g/mol.